The second kappa shape index (κ2) is 7.79. The van der Waals surface area contributed by atoms with Crippen LogP contribution in [-0.4, -0.2) is 32.9 Å². The maximum Gasteiger partial charge on any atom is 0.247 e. The van der Waals surface area contributed by atoms with Crippen molar-refractivity contribution in [2.75, 3.05) is 20.2 Å². The second-order valence-electron chi connectivity index (χ2n) is 5.73. The number of aryl methyl sites for hydroxylation is 2. The number of methoxy groups -OCH3 is 1. The molecule has 0 heterocycles. The summed E-state index contributed by atoms with van der Waals surface area (Å²) in [4.78, 5) is 0.187. The van der Waals surface area contributed by atoms with E-state index in [4.69, 9.17) is 10.5 Å². The fraction of sp³-hybridized carbons (Fsp3) is 0.333. The highest BCUT2D eigenvalue weighted by Crippen LogP contribution is 2.31. The summed E-state index contributed by atoms with van der Waals surface area (Å²) in [5.74, 6) is 0.385. The van der Waals surface area contributed by atoms with E-state index in [1.807, 2.05) is 50.2 Å². The van der Waals surface area contributed by atoms with Gasteiger partial charge in [0.2, 0.25) is 10.0 Å². The fourth-order valence-corrected chi connectivity index (χ4v) is 4.48. The monoisotopic (exact) mass is 348 g/mol. The van der Waals surface area contributed by atoms with Gasteiger partial charge in [-0.05, 0) is 36.6 Å². The quantitative estimate of drug-likeness (QED) is 0.834. The van der Waals surface area contributed by atoms with Crippen molar-refractivity contribution >= 4 is 10.0 Å². The molecule has 0 bridgehead atoms. The molecule has 0 fully saturated rings. The molecule has 24 heavy (non-hydrogen) atoms. The Morgan fingerprint density at radius 3 is 2.38 bits per heavy atom. The first kappa shape index (κ1) is 18.4. The average Bonchev–Trinajstić information content (AvgIpc) is 2.54. The van der Waals surface area contributed by atoms with Crippen LogP contribution in [0.3, 0.4) is 0 Å². The summed E-state index contributed by atoms with van der Waals surface area (Å²) in [5, 5.41) is 0. The minimum atomic E-state index is -3.72. The van der Waals surface area contributed by atoms with Gasteiger partial charge in [-0.3, -0.25) is 0 Å². The SMILES string of the molecule is COc1c(C)cc(C)cc1S(=O)(=O)N(CCN)Cc1ccccc1. The third-order valence-corrected chi connectivity index (χ3v) is 5.64. The number of hydrogen-bond acceptors (Lipinski definition) is 4. The van der Waals surface area contributed by atoms with Crippen molar-refractivity contribution in [3.8, 4) is 5.75 Å². The van der Waals surface area contributed by atoms with Gasteiger partial charge in [0.25, 0.3) is 0 Å². The Balaban J connectivity index is 2.49. The van der Waals surface area contributed by atoms with Gasteiger partial charge < -0.3 is 10.5 Å². The van der Waals surface area contributed by atoms with E-state index in [1.54, 1.807) is 6.07 Å². The summed E-state index contributed by atoms with van der Waals surface area (Å²) in [6, 6.07) is 13.0. The molecule has 0 spiro atoms. The molecule has 0 atom stereocenters. The predicted molar refractivity (Wildman–Crippen MR) is 95.6 cm³/mol. The number of nitrogens with two attached hydrogens (primary N) is 1. The maximum atomic E-state index is 13.2. The van der Waals surface area contributed by atoms with E-state index in [2.05, 4.69) is 0 Å². The highest BCUT2D eigenvalue weighted by molar-refractivity contribution is 7.89. The van der Waals surface area contributed by atoms with Crippen LogP contribution >= 0.6 is 0 Å². The number of sulfonamides is 1. The van der Waals surface area contributed by atoms with Crippen molar-refractivity contribution in [2.45, 2.75) is 25.3 Å². The van der Waals surface area contributed by atoms with E-state index in [9.17, 15) is 8.42 Å². The number of rotatable bonds is 7. The number of ether oxygens (including phenoxy) is 1. The summed E-state index contributed by atoms with van der Waals surface area (Å²) >= 11 is 0. The summed E-state index contributed by atoms with van der Waals surface area (Å²) in [5.41, 5.74) is 8.23. The van der Waals surface area contributed by atoms with Crippen molar-refractivity contribution in [2.24, 2.45) is 5.73 Å². The molecule has 0 saturated heterocycles. The average molecular weight is 348 g/mol. The Hall–Kier alpha value is -1.89. The van der Waals surface area contributed by atoms with E-state index in [-0.39, 0.29) is 24.5 Å². The molecule has 130 valence electrons. The molecule has 2 rings (SSSR count). The van der Waals surface area contributed by atoms with Crippen molar-refractivity contribution in [3.05, 3.63) is 59.2 Å². The van der Waals surface area contributed by atoms with E-state index in [0.29, 0.717) is 5.75 Å². The first-order valence-corrected chi connectivity index (χ1v) is 9.23. The Bertz CT molecular complexity index is 789. The zero-order valence-corrected chi connectivity index (χ0v) is 15.1. The highest BCUT2D eigenvalue weighted by atomic mass is 32.2. The van der Waals surface area contributed by atoms with Gasteiger partial charge in [0, 0.05) is 19.6 Å². The number of hydrogen-bond donors (Lipinski definition) is 1. The van der Waals surface area contributed by atoms with Crippen LogP contribution in [0, 0.1) is 13.8 Å². The van der Waals surface area contributed by atoms with Crippen molar-refractivity contribution < 1.29 is 13.2 Å². The lowest BCUT2D eigenvalue weighted by molar-refractivity contribution is 0.386. The number of benzene rings is 2. The lowest BCUT2D eigenvalue weighted by Crippen LogP contribution is -2.35. The Morgan fingerprint density at radius 2 is 1.79 bits per heavy atom. The smallest absolute Gasteiger partial charge is 0.247 e. The molecule has 0 amide bonds. The van der Waals surface area contributed by atoms with Gasteiger partial charge in [-0.15, -0.1) is 0 Å². The topological polar surface area (TPSA) is 72.6 Å². The van der Waals surface area contributed by atoms with Gasteiger partial charge in [-0.2, -0.15) is 4.31 Å². The third-order valence-electron chi connectivity index (χ3n) is 3.79. The maximum absolute atomic E-state index is 13.2. The van der Waals surface area contributed by atoms with Crippen LogP contribution in [0.1, 0.15) is 16.7 Å². The van der Waals surface area contributed by atoms with E-state index in [0.717, 1.165) is 16.7 Å². The van der Waals surface area contributed by atoms with Crippen molar-refractivity contribution in [1.82, 2.24) is 4.31 Å². The van der Waals surface area contributed by atoms with Crippen molar-refractivity contribution in [1.29, 1.82) is 0 Å². The Labute approximate surface area is 144 Å². The van der Waals surface area contributed by atoms with Crippen LogP contribution in [0.25, 0.3) is 0 Å². The first-order valence-electron chi connectivity index (χ1n) is 7.79. The zero-order valence-electron chi connectivity index (χ0n) is 14.3. The standard InChI is InChI=1S/C18H24N2O3S/c1-14-11-15(2)18(23-3)17(12-14)24(21,22)20(10-9-19)13-16-7-5-4-6-8-16/h4-8,11-12H,9-10,13,19H2,1-3H3. The second-order valence-corrected chi connectivity index (χ2v) is 7.63. The molecule has 0 aliphatic rings. The lowest BCUT2D eigenvalue weighted by atomic mass is 10.1. The minimum absolute atomic E-state index is 0.187. The lowest BCUT2D eigenvalue weighted by Gasteiger charge is -2.23. The van der Waals surface area contributed by atoms with Crippen LogP contribution in [0.2, 0.25) is 0 Å². The fourth-order valence-electron chi connectivity index (χ4n) is 2.72. The van der Waals surface area contributed by atoms with E-state index >= 15 is 0 Å². The van der Waals surface area contributed by atoms with Crippen LogP contribution in [0.5, 0.6) is 5.75 Å². The van der Waals surface area contributed by atoms with Gasteiger partial charge in [0.05, 0.1) is 7.11 Å². The normalized spacial score (nSPS) is 11.7. The highest BCUT2D eigenvalue weighted by Gasteiger charge is 2.28. The molecule has 0 saturated carbocycles. The molecule has 5 nitrogen and oxygen atoms in total. The predicted octanol–water partition coefficient (Wildman–Crippen LogP) is 2.46. The molecule has 2 aromatic rings. The summed E-state index contributed by atoms with van der Waals surface area (Å²) < 4.78 is 33.2. The third kappa shape index (κ3) is 3.95. The van der Waals surface area contributed by atoms with Crippen LogP contribution in [0.15, 0.2) is 47.4 Å². The van der Waals surface area contributed by atoms with E-state index < -0.39 is 10.0 Å². The zero-order chi connectivity index (χ0) is 17.7. The van der Waals surface area contributed by atoms with Crippen LogP contribution < -0.4 is 10.5 Å². The molecule has 2 N–H and O–H groups in total. The van der Waals surface area contributed by atoms with Crippen LogP contribution in [0.4, 0.5) is 0 Å². The summed E-state index contributed by atoms with van der Waals surface area (Å²) in [6.45, 7) is 4.48. The van der Waals surface area contributed by atoms with E-state index in [1.165, 1.54) is 11.4 Å². The summed E-state index contributed by atoms with van der Waals surface area (Å²) in [6.07, 6.45) is 0. The van der Waals surface area contributed by atoms with Gasteiger partial charge in [-0.25, -0.2) is 8.42 Å². The Morgan fingerprint density at radius 1 is 1.12 bits per heavy atom. The molecule has 0 aromatic heterocycles. The van der Waals surface area contributed by atoms with Crippen LogP contribution in [-0.2, 0) is 16.6 Å². The molecular formula is C18H24N2O3S. The van der Waals surface area contributed by atoms with Gasteiger partial charge in [0.1, 0.15) is 10.6 Å². The molecule has 6 heteroatoms. The largest absolute Gasteiger partial charge is 0.495 e. The molecule has 0 unspecified atom stereocenters. The molecule has 0 aliphatic carbocycles. The van der Waals surface area contributed by atoms with Crippen molar-refractivity contribution in [3.63, 3.8) is 0 Å². The van der Waals surface area contributed by atoms with Gasteiger partial charge in [-0.1, -0.05) is 36.4 Å². The number of nitrogens with zero attached hydrogens (tertiary/aromatic N) is 1. The molecule has 2 aromatic carbocycles. The molecule has 0 radical (unpaired) electrons. The first-order chi connectivity index (χ1) is 11.4. The minimum Gasteiger partial charge on any atom is -0.495 e. The Kier molecular flexibility index (Phi) is 5.99. The van der Waals surface area contributed by atoms with Gasteiger partial charge in [0.15, 0.2) is 0 Å². The molecule has 0 aliphatic heterocycles. The summed E-state index contributed by atoms with van der Waals surface area (Å²) in [7, 11) is -2.23. The van der Waals surface area contributed by atoms with Gasteiger partial charge >= 0.3 is 0 Å². The molecular weight excluding hydrogens is 324 g/mol.